The van der Waals surface area contributed by atoms with Crippen LogP contribution in [0.3, 0.4) is 0 Å². The van der Waals surface area contributed by atoms with Gasteiger partial charge in [-0.1, -0.05) is 0 Å². The second kappa shape index (κ2) is 6.28. The van der Waals surface area contributed by atoms with Crippen LogP contribution in [0.25, 0.3) is 0 Å². The second-order valence-electron chi connectivity index (χ2n) is 7.92. The molecule has 4 bridgehead atoms. The molecular formula is C18H23N3O4. The molecule has 5 rings (SSSR count). The number of aromatic nitrogens is 1. The predicted molar refractivity (Wildman–Crippen MR) is 90.9 cm³/mol. The van der Waals surface area contributed by atoms with Gasteiger partial charge in [-0.3, -0.25) is 14.9 Å². The average Bonchev–Trinajstić information content (AvgIpc) is 2.57. The summed E-state index contributed by atoms with van der Waals surface area (Å²) in [4.78, 5) is 26.8. The van der Waals surface area contributed by atoms with Gasteiger partial charge >= 0.3 is 5.97 Å². The molecule has 25 heavy (non-hydrogen) atoms. The maximum atomic E-state index is 12.7. The molecule has 7 heteroatoms. The molecule has 0 spiro atoms. The number of hydrogen-bond donors (Lipinski definition) is 1. The fraction of sp³-hybridized carbons (Fsp3) is 0.667. The fourth-order valence-electron chi connectivity index (χ4n) is 5.44. The van der Waals surface area contributed by atoms with Crippen molar-refractivity contribution in [3.8, 4) is 0 Å². The van der Waals surface area contributed by atoms with Crippen LogP contribution in [0.15, 0.2) is 18.3 Å². The van der Waals surface area contributed by atoms with Gasteiger partial charge in [0.05, 0.1) is 16.9 Å². The van der Waals surface area contributed by atoms with Crippen LogP contribution in [0.4, 0.5) is 11.5 Å². The van der Waals surface area contributed by atoms with E-state index in [-0.39, 0.29) is 17.1 Å². The lowest BCUT2D eigenvalue weighted by atomic mass is 9.49. The normalized spacial score (nSPS) is 32.4. The fourth-order valence-corrected chi connectivity index (χ4v) is 5.44. The first-order valence-electron chi connectivity index (χ1n) is 9.06. The Hall–Kier alpha value is -2.18. The molecule has 0 unspecified atom stereocenters. The summed E-state index contributed by atoms with van der Waals surface area (Å²) in [6.45, 7) is 0.738. The van der Waals surface area contributed by atoms with Gasteiger partial charge in [-0.05, 0) is 62.3 Å². The van der Waals surface area contributed by atoms with E-state index in [2.05, 4.69) is 10.3 Å². The molecule has 1 heterocycles. The predicted octanol–water partition coefficient (Wildman–Crippen LogP) is 3.16. The SMILES string of the molecule is O=C(OCCNc1ccc([N+](=O)[O-])cn1)C12CC3CC(CC(C3)C1)C2. The van der Waals surface area contributed by atoms with Gasteiger partial charge in [0.15, 0.2) is 0 Å². The molecule has 1 aromatic rings. The van der Waals surface area contributed by atoms with Gasteiger partial charge < -0.3 is 10.1 Å². The van der Waals surface area contributed by atoms with Crippen LogP contribution in [-0.4, -0.2) is 29.0 Å². The molecule has 4 aliphatic carbocycles. The third kappa shape index (κ3) is 3.19. The number of anilines is 1. The molecule has 0 saturated heterocycles. The van der Waals surface area contributed by atoms with Gasteiger partial charge in [0, 0.05) is 6.07 Å². The van der Waals surface area contributed by atoms with Crippen LogP contribution in [0.5, 0.6) is 0 Å². The largest absolute Gasteiger partial charge is 0.463 e. The lowest BCUT2D eigenvalue weighted by Gasteiger charge is -2.55. The number of nitrogens with one attached hydrogen (secondary N) is 1. The quantitative estimate of drug-likeness (QED) is 0.368. The Morgan fingerprint density at radius 1 is 1.24 bits per heavy atom. The van der Waals surface area contributed by atoms with Crippen LogP contribution < -0.4 is 5.32 Å². The minimum Gasteiger partial charge on any atom is -0.463 e. The number of esters is 1. The molecule has 4 saturated carbocycles. The Morgan fingerprint density at radius 2 is 1.88 bits per heavy atom. The van der Waals surface area contributed by atoms with Gasteiger partial charge in [-0.25, -0.2) is 4.98 Å². The molecule has 4 aliphatic rings. The van der Waals surface area contributed by atoms with Gasteiger partial charge in [0.2, 0.25) is 0 Å². The molecule has 7 nitrogen and oxygen atoms in total. The maximum absolute atomic E-state index is 12.7. The lowest BCUT2D eigenvalue weighted by Crippen LogP contribution is -2.50. The second-order valence-corrected chi connectivity index (χ2v) is 7.92. The summed E-state index contributed by atoms with van der Waals surface area (Å²) >= 11 is 0. The van der Waals surface area contributed by atoms with Crippen molar-refractivity contribution >= 4 is 17.5 Å². The van der Waals surface area contributed by atoms with E-state index in [1.54, 1.807) is 6.07 Å². The first-order chi connectivity index (χ1) is 12.0. The van der Waals surface area contributed by atoms with Crippen LogP contribution in [0, 0.1) is 33.3 Å². The summed E-state index contributed by atoms with van der Waals surface area (Å²) in [7, 11) is 0. The van der Waals surface area contributed by atoms with Crippen molar-refractivity contribution in [3.63, 3.8) is 0 Å². The summed E-state index contributed by atoms with van der Waals surface area (Å²) in [5.41, 5.74) is -0.265. The number of nitro groups is 1. The minimum absolute atomic E-state index is 0.0231. The molecule has 0 atom stereocenters. The van der Waals surface area contributed by atoms with Gasteiger partial charge in [-0.15, -0.1) is 0 Å². The highest BCUT2D eigenvalue weighted by Gasteiger charge is 2.55. The molecule has 1 N–H and O–H groups in total. The first-order valence-corrected chi connectivity index (χ1v) is 9.06. The van der Waals surface area contributed by atoms with E-state index in [9.17, 15) is 14.9 Å². The highest BCUT2D eigenvalue weighted by atomic mass is 16.6. The number of pyridine rings is 1. The summed E-state index contributed by atoms with van der Waals surface area (Å²) < 4.78 is 5.57. The summed E-state index contributed by atoms with van der Waals surface area (Å²) in [5, 5.41) is 13.6. The van der Waals surface area contributed by atoms with Gasteiger partial charge in [0.25, 0.3) is 5.69 Å². The van der Waals surface area contributed by atoms with Crippen molar-refractivity contribution in [3.05, 3.63) is 28.4 Å². The smallest absolute Gasteiger partial charge is 0.312 e. The molecule has 0 radical (unpaired) electrons. The van der Waals surface area contributed by atoms with Gasteiger partial charge in [0.1, 0.15) is 18.6 Å². The average molecular weight is 345 g/mol. The number of carbonyl (C=O) groups excluding carboxylic acids is 1. The maximum Gasteiger partial charge on any atom is 0.312 e. The zero-order valence-electron chi connectivity index (χ0n) is 14.1. The summed E-state index contributed by atoms with van der Waals surface area (Å²) in [6.07, 6.45) is 8.16. The van der Waals surface area contributed by atoms with E-state index in [0.717, 1.165) is 37.0 Å². The van der Waals surface area contributed by atoms with Crippen LogP contribution in [0.1, 0.15) is 38.5 Å². The van der Waals surface area contributed by atoms with Crippen molar-refractivity contribution in [2.24, 2.45) is 23.2 Å². The standard InChI is InChI=1S/C18H23N3O4/c22-17(18-8-12-5-13(9-18)7-14(6-12)10-18)25-4-3-19-16-2-1-15(11-20-16)21(23)24/h1-2,11-14H,3-10H2,(H,19,20). The lowest BCUT2D eigenvalue weighted by molar-refractivity contribution is -0.385. The van der Waals surface area contributed by atoms with Crippen molar-refractivity contribution in [2.75, 3.05) is 18.5 Å². The molecule has 4 fully saturated rings. The Morgan fingerprint density at radius 3 is 2.40 bits per heavy atom. The van der Waals surface area contributed by atoms with Crippen molar-refractivity contribution < 1.29 is 14.5 Å². The number of nitrogens with zero attached hydrogens (tertiary/aromatic N) is 2. The van der Waals surface area contributed by atoms with Crippen molar-refractivity contribution in [1.29, 1.82) is 0 Å². The van der Waals surface area contributed by atoms with E-state index in [1.807, 2.05) is 0 Å². The molecule has 1 aromatic heterocycles. The van der Waals surface area contributed by atoms with Crippen LogP contribution in [-0.2, 0) is 9.53 Å². The first kappa shape index (κ1) is 16.3. The van der Waals surface area contributed by atoms with E-state index in [4.69, 9.17) is 4.74 Å². The highest BCUT2D eigenvalue weighted by Crippen LogP contribution is 2.60. The number of rotatable bonds is 6. The Kier molecular flexibility index (Phi) is 4.09. The molecule has 0 amide bonds. The topological polar surface area (TPSA) is 94.4 Å². The van der Waals surface area contributed by atoms with Gasteiger partial charge in [-0.2, -0.15) is 0 Å². The molecule has 0 aromatic carbocycles. The zero-order valence-corrected chi connectivity index (χ0v) is 14.1. The molecule has 134 valence electrons. The summed E-state index contributed by atoms with van der Waals surface area (Å²) in [6, 6.07) is 2.95. The third-order valence-electron chi connectivity index (χ3n) is 6.07. The Balaban J connectivity index is 1.26. The number of hydrogen-bond acceptors (Lipinski definition) is 6. The third-order valence-corrected chi connectivity index (χ3v) is 6.07. The van der Waals surface area contributed by atoms with E-state index < -0.39 is 4.92 Å². The van der Waals surface area contributed by atoms with E-state index >= 15 is 0 Å². The van der Waals surface area contributed by atoms with E-state index in [0.29, 0.717) is 19.0 Å². The monoisotopic (exact) mass is 345 g/mol. The Labute approximate surface area is 146 Å². The minimum atomic E-state index is -0.482. The van der Waals surface area contributed by atoms with E-state index in [1.165, 1.54) is 31.5 Å². The number of carbonyl (C=O) groups is 1. The van der Waals surface area contributed by atoms with Crippen molar-refractivity contribution in [2.45, 2.75) is 38.5 Å². The Bertz CT molecular complexity index is 638. The van der Waals surface area contributed by atoms with Crippen LogP contribution in [0.2, 0.25) is 0 Å². The van der Waals surface area contributed by atoms with Crippen molar-refractivity contribution in [1.82, 2.24) is 4.98 Å². The zero-order chi connectivity index (χ0) is 17.4. The van der Waals surface area contributed by atoms with Crippen LogP contribution >= 0.6 is 0 Å². The highest BCUT2D eigenvalue weighted by molar-refractivity contribution is 5.77. The summed E-state index contributed by atoms with van der Waals surface area (Å²) in [5.74, 6) is 2.69. The molecular weight excluding hydrogens is 322 g/mol. The molecule has 0 aliphatic heterocycles. The number of ether oxygens (including phenoxy) is 1.